The van der Waals surface area contributed by atoms with E-state index in [2.05, 4.69) is 0 Å². The molecule has 0 saturated carbocycles. The van der Waals surface area contributed by atoms with Gasteiger partial charge in [0.1, 0.15) is 0 Å². The first-order valence-corrected chi connectivity index (χ1v) is 6.65. The summed E-state index contributed by atoms with van der Waals surface area (Å²) in [5.41, 5.74) is 0. The topological polar surface area (TPSA) is 37.4 Å². The Morgan fingerprint density at radius 2 is 1.54 bits per heavy atom. The zero-order valence-corrected chi connectivity index (χ0v) is 10.2. The third-order valence-electron chi connectivity index (χ3n) is 1.62. The maximum atomic E-state index is 11.6. The van der Waals surface area contributed by atoms with E-state index in [1.54, 1.807) is 13.8 Å². The van der Waals surface area contributed by atoms with Gasteiger partial charge in [-0.1, -0.05) is 0 Å². The minimum Gasteiger partial charge on any atom is -0.212 e. The molecule has 0 N–H and O–H groups in total. The van der Waals surface area contributed by atoms with Crippen molar-refractivity contribution in [2.24, 2.45) is 0 Å². The van der Waals surface area contributed by atoms with Crippen molar-refractivity contribution in [1.82, 2.24) is 4.31 Å². The SMILES string of the molecule is CC(C)S(=O)(=O)N(CCCl)CCCl. The molecule has 0 bridgehead atoms. The van der Waals surface area contributed by atoms with Crippen LogP contribution in [0.15, 0.2) is 0 Å². The van der Waals surface area contributed by atoms with Crippen LogP contribution in [0.3, 0.4) is 0 Å². The summed E-state index contributed by atoms with van der Waals surface area (Å²) in [4.78, 5) is 0. The highest BCUT2D eigenvalue weighted by molar-refractivity contribution is 7.89. The minimum atomic E-state index is -3.20. The van der Waals surface area contributed by atoms with Crippen LogP contribution in [-0.2, 0) is 10.0 Å². The molecule has 0 aromatic carbocycles. The van der Waals surface area contributed by atoms with Crippen molar-refractivity contribution in [2.45, 2.75) is 19.1 Å². The summed E-state index contributed by atoms with van der Waals surface area (Å²) in [5.74, 6) is 0.589. The molecule has 0 fully saturated rings. The van der Waals surface area contributed by atoms with E-state index >= 15 is 0 Å². The standard InChI is InChI=1S/C7H15Cl2NO2S/c1-7(2)13(11,12)10(5-3-8)6-4-9/h7H,3-6H2,1-2H3. The average molecular weight is 248 g/mol. The molecule has 0 aliphatic heterocycles. The molecular weight excluding hydrogens is 233 g/mol. The summed E-state index contributed by atoms with van der Waals surface area (Å²) in [6.07, 6.45) is 0. The lowest BCUT2D eigenvalue weighted by molar-refractivity contribution is 0.442. The monoisotopic (exact) mass is 247 g/mol. The third kappa shape index (κ3) is 4.02. The fourth-order valence-corrected chi connectivity index (χ4v) is 2.75. The van der Waals surface area contributed by atoms with Crippen molar-refractivity contribution < 1.29 is 8.42 Å². The van der Waals surface area contributed by atoms with Crippen molar-refractivity contribution in [1.29, 1.82) is 0 Å². The Kier molecular flexibility index (Phi) is 6.29. The van der Waals surface area contributed by atoms with E-state index < -0.39 is 15.3 Å². The molecule has 0 aliphatic rings. The normalized spacial score (nSPS) is 12.8. The lowest BCUT2D eigenvalue weighted by Crippen LogP contribution is -2.38. The number of nitrogens with zero attached hydrogens (tertiary/aromatic N) is 1. The molecule has 6 heteroatoms. The molecule has 0 radical (unpaired) electrons. The van der Waals surface area contributed by atoms with Gasteiger partial charge in [0.25, 0.3) is 0 Å². The van der Waals surface area contributed by atoms with Gasteiger partial charge in [0.05, 0.1) is 5.25 Å². The zero-order chi connectivity index (χ0) is 10.5. The average Bonchev–Trinajstić information content (AvgIpc) is 2.03. The highest BCUT2D eigenvalue weighted by Gasteiger charge is 2.24. The molecule has 0 aromatic heterocycles. The van der Waals surface area contributed by atoms with Gasteiger partial charge < -0.3 is 0 Å². The van der Waals surface area contributed by atoms with Gasteiger partial charge in [-0.3, -0.25) is 0 Å². The molecular formula is C7H15Cl2NO2S. The van der Waals surface area contributed by atoms with Crippen LogP contribution in [-0.4, -0.2) is 42.8 Å². The van der Waals surface area contributed by atoms with Crippen molar-refractivity contribution in [2.75, 3.05) is 24.8 Å². The Labute approximate surface area is 90.1 Å². The quantitative estimate of drug-likeness (QED) is 0.668. The summed E-state index contributed by atoms with van der Waals surface area (Å²) >= 11 is 11.0. The molecule has 0 rings (SSSR count). The Balaban J connectivity index is 4.52. The molecule has 0 heterocycles. The van der Waals surface area contributed by atoms with E-state index in [1.807, 2.05) is 0 Å². The number of sulfonamides is 1. The van der Waals surface area contributed by atoms with Gasteiger partial charge >= 0.3 is 0 Å². The second-order valence-electron chi connectivity index (χ2n) is 2.87. The number of alkyl halides is 2. The lowest BCUT2D eigenvalue weighted by atomic mass is 10.6. The maximum Gasteiger partial charge on any atom is 0.216 e. The number of hydrogen-bond donors (Lipinski definition) is 0. The lowest BCUT2D eigenvalue weighted by Gasteiger charge is -2.22. The number of rotatable bonds is 6. The molecule has 13 heavy (non-hydrogen) atoms. The first kappa shape index (κ1) is 13.5. The molecule has 0 saturated heterocycles. The molecule has 0 aliphatic carbocycles. The molecule has 0 spiro atoms. The van der Waals surface area contributed by atoms with Gasteiger partial charge in [0.15, 0.2) is 0 Å². The largest absolute Gasteiger partial charge is 0.216 e. The van der Waals surface area contributed by atoms with Gasteiger partial charge in [-0.15, -0.1) is 23.2 Å². The van der Waals surface area contributed by atoms with Gasteiger partial charge in [-0.25, -0.2) is 8.42 Å². The summed E-state index contributed by atoms with van der Waals surface area (Å²) < 4.78 is 24.6. The van der Waals surface area contributed by atoms with E-state index in [0.717, 1.165) is 0 Å². The van der Waals surface area contributed by atoms with Crippen LogP contribution in [0, 0.1) is 0 Å². The highest BCUT2D eigenvalue weighted by Crippen LogP contribution is 2.08. The first-order valence-electron chi connectivity index (χ1n) is 4.07. The van der Waals surface area contributed by atoms with Gasteiger partial charge in [-0.2, -0.15) is 4.31 Å². The summed E-state index contributed by atoms with van der Waals surface area (Å²) in [6.45, 7) is 3.94. The summed E-state index contributed by atoms with van der Waals surface area (Å²) in [5, 5.41) is -0.418. The Morgan fingerprint density at radius 3 is 1.77 bits per heavy atom. The van der Waals surface area contributed by atoms with Crippen LogP contribution in [0.5, 0.6) is 0 Å². The van der Waals surface area contributed by atoms with Crippen molar-refractivity contribution in [3.8, 4) is 0 Å². The Morgan fingerprint density at radius 1 is 1.15 bits per heavy atom. The van der Waals surface area contributed by atoms with Crippen LogP contribution in [0.4, 0.5) is 0 Å². The molecule has 0 atom stereocenters. The predicted molar refractivity (Wildman–Crippen MR) is 57.1 cm³/mol. The van der Waals surface area contributed by atoms with E-state index in [1.165, 1.54) is 4.31 Å². The van der Waals surface area contributed by atoms with Crippen molar-refractivity contribution in [3.63, 3.8) is 0 Å². The van der Waals surface area contributed by atoms with Crippen LogP contribution >= 0.6 is 23.2 Å². The second kappa shape index (κ2) is 6.06. The van der Waals surface area contributed by atoms with E-state index in [4.69, 9.17) is 23.2 Å². The first-order chi connectivity index (χ1) is 5.96. The fourth-order valence-electron chi connectivity index (χ4n) is 0.853. The Bertz CT molecular complexity index is 223. The second-order valence-corrected chi connectivity index (χ2v) is 6.12. The number of hydrogen-bond acceptors (Lipinski definition) is 2. The van der Waals surface area contributed by atoms with E-state index in [0.29, 0.717) is 24.8 Å². The molecule has 3 nitrogen and oxygen atoms in total. The zero-order valence-electron chi connectivity index (χ0n) is 7.83. The molecule has 0 amide bonds. The number of halogens is 2. The van der Waals surface area contributed by atoms with E-state index in [9.17, 15) is 8.42 Å². The van der Waals surface area contributed by atoms with Gasteiger partial charge in [0.2, 0.25) is 10.0 Å². The molecule has 80 valence electrons. The predicted octanol–water partition coefficient (Wildman–Crippen LogP) is 1.50. The maximum absolute atomic E-state index is 11.6. The van der Waals surface area contributed by atoms with E-state index in [-0.39, 0.29) is 0 Å². The van der Waals surface area contributed by atoms with Crippen LogP contribution in [0.25, 0.3) is 0 Å². The van der Waals surface area contributed by atoms with Crippen molar-refractivity contribution in [3.05, 3.63) is 0 Å². The molecule has 0 unspecified atom stereocenters. The van der Waals surface area contributed by atoms with Crippen LogP contribution < -0.4 is 0 Å². The van der Waals surface area contributed by atoms with Crippen molar-refractivity contribution >= 4 is 33.2 Å². The van der Waals surface area contributed by atoms with Gasteiger partial charge in [0, 0.05) is 24.8 Å². The summed E-state index contributed by atoms with van der Waals surface area (Å²) in [6, 6.07) is 0. The van der Waals surface area contributed by atoms with Gasteiger partial charge in [-0.05, 0) is 13.8 Å². The van der Waals surface area contributed by atoms with Crippen LogP contribution in [0.1, 0.15) is 13.8 Å². The summed E-state index contributed by atoms with van der Waals surface area (Å²) in [7, 11) is -3.20. The third-order valence-corrected chi connectivity index (χ3v) is 4.24. The fraction of sp³-hybridized carbons (Fsp3) is 1.00. The highest BCUT2D eigenvalue weighted by atomic mass is 35.5. The van der Waals surface area contributed by atoms with Crippen LogP contribution in [0.2, 0.25) is 0 Å². The Hall–Kier alpha value is 0.490. The minimum absolute atomic E-state index is 0.294. The smallest absolute Gasteiger partial charge is 0.212 e. The molecule has 0 aromatic rings.